The number of likely N-dealkylation sites (tertiary alicyclic amines) is 1. The molecule has 4 rings (SSSR count). The molecule has 2 saturated heterocycles. The molecule has 2 aromatic rings. The summed E-state index contributed by atoms with van der Waals surface area (Å²) in [4.78, 5) is 19.4. The number of amides is 1. The van der Waals surface area contributed by atoms with Crippen molar-refractivity contribution in [3.8, 4) is 0 Å². The SMILES string of the molecule is COC[C@@]12CCCO[C@@H]1CCN(C(=O)c1ccc3ncccc3c1)C2. The van der Waals surface area contributed by atoms with Crippen LogP contribution in [0.15, 0.2) is 36.5 Å². The van der Waals surface area contributed by atoms with Gasteiger partial charge in [0.05, 0.1) is 18.2 Å². The Labute approximate surface area is 147 Å². The molecule has 0 N–H and O–H groups in total. The molecule has 2 aliphatic heterocycles. The van der Waals surface area contributed by atoms with E-state index in [0.717, 1.165) is 48.9 Å². The van der Waals surface area contributed by atoms with Gasteiger partial charge in [-0.25, -0.2) is 0 Å². The topological polar surface area (TPSA) is 51.7 Å². The molecule has 0 unspecified atom stereocenters. The third-order valence-electron chi connectivity index (χ3n) is 5.56. The Kier molecular flexibility index (Phi) is 4.44. The Morgan fingerprint density at radius 1 is 1.44 bits per heavy atom. The highest BCUT2D eigenvalue weighted by molar-refractivity contribution is 5.98. The van der Waals surface area contributed by atoms with E-state index in [1.807, 2.05) is 35.2 Å². The zero-order valence-corrected chi connectivity index (χ0v) is 14.6. The quantitative estimate of drug-likeness (QED) is 0.862. The van der Waals surface area contributed by atoms with Crippen molar-refractivity contribution in [2.24, 2.45) is 5.41 Å². The van der Waals surface area contributed by atoms with Gasteiger partial charge in [-0.15, -0.1) is 0 Å². The summed E-state index contributed by atoms with van der Waals surface area (Å²) in [5, 5.41) is 0.996. The van der Waals surface area contributed by atoms with Crippen LogP contribution in [0.4, 0.5) is 0 Å². The number of pyridine rings is 1. The van der Waals surface area contributed by atoms with Gasteiger partial charge in [-0.1, -0.05) is 6.07 Å². The highest BCUT2D eigenvalue weighted by Crippen LogP contribution is 2.40. The first kappa shape index (κ1) is 16.5. The Morgan fingerprint density at radius 3 is 3.24 bits per heavy atom. The molecule has 0 saturated carbocycles. The van der Waals surface area contributed by atoms with Crippen LogP contribution in [-0.2, 0) is 9.47 Å². The van der Waals surface area contributed by atoms with Crippen LogP contribution >= 0.6 is 0 Å². The van der Waals surface area contributed by atoms with Gasteiger partial charge >= 0.3 is 0 Å². The Morgan fingerprint density at radius 2 is 2.36 bits per heavy atom. The van der Waals surface area contributed by atoms with Crippen LogP contribution < -0.4 is 0 Å². The molecule has 3 heterocycles. The maximum atomic E-state index is 13.1. The molecular formula is C20H24N2O3. The number of rotatable bonds is 3. The van der Waals surface area contributed by atoms with E-state index in [9.17, 15) is 4.79 Å². The number of hydrogen-bond acceptors (Lipinski definition) is 4. The average molecular weight is 340 g/mol. The van der Waals surface area contributed by atoms with Crippen LogP contribution in [0.5, 0.6) is 0 Å². The number of fused-ring (bicyclic) bond motifs is 2. The van der Waals surface area contributed by atoms with E-state index in [1.165, 1.54) is 0 Å². The van der Waals surface area contributed by atoms with Crippen molar-refractivity contribution >= 4 is 16.8 Å². The minimum absolute atomic E-state index is 0.0701. The lowest BCUT2D eigenvalue weighted by Gasteiger charge is -2.50. The fraction of sp³-hybridized carbons (Fsp3) is 0.500. The number of benzene rings is 1. The van der Waals surface area contributed by atoms with Crippen molar-refractivity contribution in [3.05, 3.63) is 42.1 Å². The smallest absolute Gasteiger partial charge is 0.253 e. The molecule has 1 aromatic heterocycles. The second kappa shape index (κ2) is 6.73. The predicted octanol–water partition coefficient (Wildman–Crippen LogP) is 2.89. The van der Waals surface area contributed by atoms with E-state index in [0.29, 0.717) is 13.2 Å². The summed E-state index contributed by atoms with van der Waals surface area (Å²) in [7, 11) is 1.73. The van der Waals surface area contributed by atoms with E-state index in [1.54, 1.807) is 13.3 Å². The first-order valence-electron chi connectivity index (χ1n) is 8.96. The summed E-state index contributed by atoms with van der Waals surface area (Å²) in [6, 6.07) is 9.63. The van der Waals surface area contributed by atoms with Gasteiger partial charge in [-0.3, -0.25) is 9.78 Å². The minimum atomic E-state index is -0.0701. The number of piperidine rings is 1. The third-order valence-corrected chi connectivity index (χ3v) is 5.56. The lowest BCUT2D eigenvalue weighted by molar-refractivity contribution is -0.142. The second-order valence-electron chi connectivity index (χ2n) is 7.18. The lowest BCUT2D eigenvalue weighted by Crippen LogP contribution is -2.58. The molecule has 2 aliphatic rings. The van der Waals surface area contributed by atoms with E-state index >= 15 is 0 Å². The van der Waals surface area contributed by atoms with Crippen LogP contribution in [0.2, 0.25) is 0 Å². The van der Waals surface area contributed by atoms with Crippen molar-refractivity contribution in [3.63, 3.8) is 0 Å². The van der Waals surface area contributed by atoms with Crippen LogP contribution in [0.1, 0.15) is 29.6 Å². The minimum Gasteiger partial charge on any atom is -0.384 e. The number of aromatic nitrogens is 1. The van der Waals surface area contributed by atoms with Crippen LogP contribution in [0, 0.1) is 5.41 Å². The molecular weight excluding hydrogens is 316 g/mol. The van der Waals surface area contributed by atoms with E-state index in [-0.39, 0.29) is 17.4 Å². The second-order valence-corrected chi connectivity index (χ2v) is 7.18. The Bertz CT molecular complexity index is 774. The summed E-state index contributed by atoms with van der Waals surface area (Å²) in [5.74, 6) is 0.0882. The fourth-order valence-corrected chi connectivity index (χ4v) is 4.35. The van der Waals surface area contributed by atoms with Crippen LogP contribution in [0.3, 0.4) is 0 Å². The van der Waals surface area contributed by atoms with Gasteiger partial charge in [0.1, 0.15) is 0 Å². The normalized spacial score (nSPS) is 26.4. The molecule has 25 heavy (non-hydrogen) atoms. The maximum Gasteiger partial charge on any atom is 0.253 e. The molecule has 0 spiro atoms. The zero-order valence-electron chi connectivity index (χ0n) is 14.6. The van der Waals surface area contributed by atoms with E-state index in [4.69, 9.17) is 9.47 Å². The number of nitrogens with zero attached hydrogens (tertiary/aromatic N) is 2. The summed E-state index contributed by atoms with van der Waals surface area (Å²) >= 11 is 0. The first-order chi connectivity index (χ1) is 12.2. The Hall–Kier alpha value is -1.98. The third kappa shape index (κ3) is 3.02. The number of ether oxygens (including phenoxy) is 2. The molecule has 5 heteroatoms. The molecule has 1 aromatic carbocycles. The van der Waals surface area contributed by atoms with Gasteiger partial charge in [-0.2, -0.15) is 0 Å². The van der Waals surface area contributed by atoms with Gasteiger partial charge in [0.2, 0.25) is 0 Å². The molecule has 132 valence electrons. The van der Waals surface area contributed by atoms with E-state index in [2.05, 4.69) is 4.98 Å². The molecule has 0 bridgehead atoms. The fourth-order valence-electron chi connectivity index (χ4n) is 4.35. The average Bonchev–Trinajstić information content (AvgIpc) is 2.66. The zero-order chi connectivity index (χ0) is 17.3. The van der Waals surface area contributed by atoms with Crippen molar-refractivity contribution in [1.29, 1.82) is 0 Å². The highest BCUT2D eigenvalue weighted by atomic mass is 16.5. The summed E-state index contributed by atoms with van der Waals surface area (Å²) in [6.45, 7) is 2.90. The van der Waals surface area contributed by atoms with Gasteiger partial charge < -0.3 is 14.4 Å². The summed E-state index contributed by atoms with van der Waals surface area (Å²) in [6.07, 6.45) is 4.93. The lowest BCUT2D eigenvalue weighted by atomic mass is 9.73. The number of methoxy groups -OCH3 is 1. The van der Waals surface area contributed by atoms with Gasteiger partial charge in [0.15, 0.2) is 0 Å². The highest BCUT2D eigenvalue weighted by Gasteiger charge is 2.47. The first-order valence-corrected chi connectivity index (χ1v) is 8.96. The van der Waals surface area contributed by atoms with Gasteiger partial charge in [0, 0.05) is 49.4 Å². The number of carbonyl (C=O) groups is 1. The largest absolute Gasteiger partial charge is 0.384 e. The van der Waals surface area contributed by atoms with E-state index < -0.39 is 0 Å². The predicted molar refractivity (Wildman–Crippen MR) is 95.5 cm³/mol. The molecule has 2 fully saturated rings. The number of carbonyl (C=O) groups excluding carboxylic acids is 1. The van der Waals surface area contributed by atoms with Crippen LogP contribution in [0.25, 0.3) is 10.9 Å². The molecule has 5 nitrogen and oxygen atoms in total. The molecule has 0 aliphatic carbocycles. The molecule has 1 amide bonds. The monoisotopic (exact) mass is 340 g/mol. The van der Waals surface area contributed by atoms with Gasteiger partial charge in [0.25, 0.3) is 5.91 Å². The van der Waals surface area contributed by atoms with Crippen LogP contribution in [-0.4, -0.2) is 55.3 Å². The number of hydrogen-bond donors (Lipinski definition) is 0. The molecule has 2 atom stereocenters. The van der Waals surface area contributed by atoms with Crippen molar-refractivity contribution in [2.45, 2.75) is 25.4 Å². The summed E-state index contributed by atoms with van der Waals surface area (Å²) in [5.41, 5.74) is 1.57. The van der Waals surface area contributed by atoms with Crippen molar-refractivity contribution in [2.75, 3.05) is 33.4 Å². The van der Waals surface area contributed by atoms with Crippen molar-refractivity contribution in [1.82, 2.24) is 9.88 Å². The van der Waals surface area contributed by atoms with Crippen molar-refractivity contribution < 1.29 is 14.3 Å². The molecule has 0 radical (unpaired) electrons. The van der Waals surface area contributed by atoms with Gasteiger partial charge in [-0.05, 0) is 43.5 Å². The summed E-state index contributed by atoms with van der Waals surface area (Å²) < 4.78 is 11.5. The Balaban J connectivity index is 1.58. The standard InChI is InChI=1S/C20H24N2O3/c1-24-14-20-8-3-11-25-18(20)7-10-22(13-20)19(23)16-5-6-17-15(12-16)4-2-9-21-17/h2,4-6,9,12,18H,3,7-8,10-11,13-14H2,1H3/t18-,20+/m1/s1. The maximum absolute atomic E-state index is 13.1.